The molecule has 0 aromatic carbocycles. The van der Waals surface area contributed by atoms with E-state index < -0.39 is 0 Å². The van der Waals surface area contributed by atoms with Gasteiger partial charge in [0.25, 0.3) is 0 Å². The fourth-order valence-electron chi connectivity index (χ4n) is 1.84. The first-order valence-corrected chi connectivity index (χ1v) is 6.16. The van der Waals surface area contributed by atoms with Gasteiger partial charge in [-0.3, -0.25) is 0 Å². The highest BCUT2D eigenvalue weighted by atomic mass is 15.1. The van der Waals surface area contributed by atoms with Crippen molar-refractivity contribution < 1.29 is 0 Å². The predicted molar refractivity (Wildman–Crippen MR) is 75.9 cm³/mol. The van der Waals surface area contributed by atoms with E-state index in [4.69, 9.17) is 0 Å². The molecule has 1 saturated heterocycles. The van der Waals surface area contributed by atoms with Crippen LogP contribution in [0.4, 0.5) is 0 Å². The summed E-state index contributed by atoms with van der Waals surface area (Å²) in [6.07, 6.45) is 6.27. The summed E-state index contributed by atoms with van der Waals surface area (Å²) in [5.74, 6) is 0. The second-order valence-corrected chi connectivity index (χ2v) is 4.91. The Morgan fingerprint density at radius 1 is 1.18 bits per heavy atom. The predicted octanol–water partition coefficient (Wildman–Crippen LogP) is 2.87. The van der Waals surface area contributed by atoms with Gasteiger partial charge in [0.1, 0.15) is 0 Å². The van der Waals surface area contributed by atoms with Gasteiger partial charge in [-0.25, -0.2) is 0 Å². The first-order valence-electron chi connectivity index (χ1n) is 6.16. The molecule has 1 rings (SSSR count). The standard InChI is InChI=1S/C15H24N2/c1-12(2)6-7-13(3)14(4)16-15-8-10-17(5)11-9-15/h6-7,15-16H,1,3-4,8-11H2,2,5H3/b7-6-. The van der Waals surface area contributed by atoms with Crippen molar-refractivity contribution in [3.8, 4) is 0 Å². The SMILES string of the molecule is C=C(C)/C=C\C(=C)C(=C)NC1CCN(C)CC1. The fourth-order valence-corrected chi connectivity index (χ4v) is 1.84. The Kier molecular flexibility index (Phi) is 5.23. The molecular formula is C15H24N2. The average Bonchev–Trinajstić information content (AvgIpc) is 2.28. The molecule has 1 fully saturated rings. The highest BCUT2D eigenvalue weighted by Gasteiger charge is 2.16. The summed E-state index contributed by atoms with van der Waals surface area (Å²) in [6.45, 7) is 16.1. The monoisotopic (exact) mass is 232 g/mol. The van der Waals surface area contributed by atoms with Crippen LogP contribution in [-0.4, -0.2) is 31.1 Å². The van der Waals surface area contributed by atoms with E-state index in [0.717, 1.165) is 29.9 Å². The molecule has 0 bridgehead atoms. The molecule has 2 nitrogen and oxygen atoms in total. The number of allylic oxidation sites excluding steroid dienone is 3. The lowest BCUT2D eigenvalue weighted by molar-refractivity contribution is 0.242. The molecule has 17 heavy (non-hydrogen) atoms. The van der Waals surface area contributed by atoms with Crippen LogP contribution in [0.5, 0.6) is 0 Å². The topological polar surface area (TPSA) is 15.3 Å². The Morgan fingerprint density at radius 2 is 1.76 bits per heavy atom. The van der Waals surface area contributed by atoms with Gasteiger partial charge in [-0.15, -0.1) is 0 Å². The Bertz CT molecular complexity index is 331. The second kappa shape index (κ2) is 6.45. The summed E-state index contributed by atoms with van der Waals surface area (Å²) in [5, 5.41) is 3.46. The van der Waals surface area contributed by atoms with Crippen molar-refractivity contribution >= 4 is 0 Å². The zero-order chi connectivity index (χ0) is 12.8. The molecule has 1 aliphatic heterocycles. The summed E-state index contributed by atoms with van der Waals surface area (Å²) in [4.78, 5) is 2.36. The lowest BCUT2D eigenvalue weighted by Gasteiger charge is -2.30. The molecular weight excluding hydrogens is 208 g/mol. The molecule has 0 aromatic rings. The van der Waals surface area contributed by atoms with Gasteiger partial charge in [-0.1, -0.05) is 37.5 Å². The van der Waals surface area contributed by atoms with Crippen LogP contribution in [0.15, 0.2) is 48.7 Å². The number of hydrogen-bond acceptors (Lipinski definition) is 2. The third kappa shape index (κ3) is 5.05. The Hall–Kier alpha value is -1.28. The third-order valence-corrected chi connectivity index (χ3v) is 3.05. The summed E-state index contributed by atoms with van der Waals surface area (Å²) < 4.78 is 0. The summed E-state index contributed by atoms with van der Waals surface area (Å²) in [7, 11) is 2.17. The van der Waals surface area contributed by atoms with E-state index in [-0.39, 0.29) is 0 Å². The summed E-state index contributed by atoms with van der Waals surface area (Å²) in [5.41, 5.74) is 2.89. The number of nitrogens with zero attached hydrogens (tertiary/aromatic N) is 1. The van der Waals surface area contributed by atoms with Gasteiger partial charge < -0.3 is 10.2 Å². The van der Waals surface area contributed by atoms with Gasteiger partial charge in [0.2, 0.25) is 0 Å². The van der Waals surface area contributed by atoms with Crippen molar-refractivity contribution in [3.05, 3.63) is 48.7 Å². The van der Waals surface area contributed by atoms with Gasteiger partial charge in [0.15, 0.2) is 0 Å². The van der Waals surface area contributed by atoms with E-state index in [1.54, 1.807) is 0 Å². The average molecular weight is 232 g/mol. The summed E-state index contributed by atoms with van der Waals surface area (Å²) in [6, 6.07) is 0.536. The Labute approximate surface area is 105 Å². The number of nitrogens with one attached hydrogen (secondary N) is 1. The fraction of sp³-hybridized carbons (Fsp3) is 0.467. The van der Waals surface area contributed by atoms with Crippen molar-refractivity contribution in [1.82, 2.24) is 10.2 Å². The maximum absolute atomic E-state index is 4.04. The molecule has 0 radical (unpaired) electrons. The van der Waals surface area contributed by atoms with Gasteiger partial charge in [-0.05, 0) is 45.5 Å². The molecule has 0 unspecified atom stereocenters. The molecule has 0 aromatic heterocycles. The third-order valence-electron chi connectivity index (χ3n) is 3.05. The molecule has 1 aliphatic rings. The highest BCUT2D eigenvalue weighted by Crippen LogP contribution is 2.13. The Morgan fingerprint density at radius 3 is 2.29 bits per heavy atom. The number of likely N-dealkylation sites (tertiary alicyclic amines) is 1. The quantitative estimate of drug-likeness (QED) is 0.733. The van der Waals surface area contributed by atoms with E-state index in [2.05, 4.69) is 37.0 Å². The minimum atomic E-state index is 0.536. The zero-order valence-electron chi connectivity index (χ0n) is 11.1. The first-order chi connectivity index (χ1) is 7.99. The smallest absolute Gasteiger partial charge is 0.0336 e. The van der Waals surface area contributed by atoms with Crippen LogP contribution in [0.1, 0.15) is 19.8 Å². The minimum absolute atomic E-state index is 0.536. The van der Waals surface area contributed by atoms with Gasteiger partial charge >= 0.3 is 0 Å². The molecule has 2 heteroatoms. The number of rotatable bonds is 5. The molecule has 94 valence electrons. The van der Waals surface area contributed by atoms with Crippen molar-refractivity contribution in [1.29, 1.82) is 0 Å². The van der Waals surface area contributed by atoms with Gasteiger partial charge in [-0.2, -0.15) is 0 Å². The Balaban J connectivity index is 2.38. The second-order valence-electron chi connectivity index (χ2n) is 4.91. The lowest BCUT2D eigenvalue weighted by atomic mass is 10.0. The van der Waals surface area contributed by atoms with E-state index in [1.165, 1.54) is 12.8 Å². The van der Waals surface area contributed by atoms with Crippen molar-refractivity contribution in [3.63, 3.8) is 0 Å². The van der Waals surface area contributed by atoms with E-state index in [1.807, 2.05) is 19.1 Å². The van der Waals surface area contributed by atoms with E-state index >= 15 is 0 Å². The van der Waals surface area contributed by atoms with E-state index in [9.17, 15) is 0 Å². The van der Waals surface area contributed by atoms with Crippen LogP contribution in [0.3, 0.4) is 0 Å². The van der Waals surface area contributed by atoms with Crippen LogP contribution in [-0.2, 0) is 0 Å². The molecule has 1 N–H and O–H groups in total. The summed E-state index contributed by atoms with van der Waals surface area (Å²) >= 11 is 0. The number of hydrogen-bond donors (Lipinski definition) is 1. The molecule has 0 amide bonds. The highest BCUT2D eigenvalue weighted by molar-refractivity contribution is 5.36. The first kappa shape index (κ1) is 13.8. The zero-order valence-corrected chi connectivity index (χ0v) is 11.1. The maximum Gasteiger partial charge on any atom is 0.0336 e. The van der Waals surface area contributed by atoms with Crippen molar-refractivity contribution in [2.45, 2.75) is 25.8 Å². The van der Waals surface area contributed by atoms with Gasteiger partial charge in [0, 0.05) is 11.7 Å². The normalized spacial score (nSPS) is 18.2. The van der Waals surface area contributed by atoms with Crippen molar-refractivity contribution in [2.24, 2.45) is 0 Å². The number of piperidine rings is 1. The van der Waals surface area contributed by atoms with Crippen LogP contribution < -0.4 is 5.32 Å². The molecule has 0 atom stereocenters. The van der Waals surface area contributed by atoms with Gasteiger partial charge in [0.05, 0.1) is 0 Å². The van der Waals surface area contributed by atoms with Crippen LogP contribution in [0.25, 0.3) is 0 Å². The maximum atomic E-state index is 4.04. The van der Waals surface area contributed by atoms with Crippen LogP contribution in [0, 0.1) is 0 Å². The van der Waals surface area contributed by atoms with Crippen LogP contribution >= 0.6 is 0 Å². The van der Waals surface area contributed by atoms with Crippen LogP contribution in [0.2, 0.25) is 0 Å². The minimum Gasteiger partial charge on any atom is -0.382 e. The molecule has 0 spiro atoms. The molecule has 0 saturated carbocycles. The lowest BCUT2D eigenvalue weighted by Crippen LogP contribution is -2.40. The molecule has 0 aliphatic carbocycles. The largest absolute Gasteiger partial charge is 0.382 e. The van der Waals surface area contributed by atoms with E-state index in [0.29, 0.717) is 6.04 Å². The molecule has 1 heterocycles. The van der Waals surface area contributed by atoms with Crippen molar-refractivity contribution in [2.75, 3.05) is 20.1 Å².